The first kappa shape index (κ1) is 19.8. The van der Waals surface area contributed by atoms with Gasteiger partial charge in [-0.3, -0.25) is 4.90 Å². The lowest BCUT2D eigenvalue weighted by Crippen LogP contribution is -2.37. The van der Waals surface area contributed by atoms with E-state index in [0.717, 1.165) is 42.9 Å². The number of benzene rings is 1. The number of ether oxygens (including phenoxy) is 1. The van der Waals surface area contributed by atoms with Crippen LogP contribution in [0.25, 0.3) is 10.9 Å². The van der Waals surface area contributed by atoms with E-state index in [1.54, 1.807) is 29.5 Å². The zero-order valence-electron chi connectivity index (χ0n) is 16.4. The second kappa shape index (κ2) is 7.85. The van der Waals surface area contributed by atoms with Crippen LogP contribution in [0.3, 0.4) is 0 Å². The van der Waals surface area contributed by atoms with Crippen LogP contribution in [-0.4, -0.2) is 45.0 Å². The smallest absolute Gasteiger partial charge is 0.406 e. The van der Waals surface area contributed by atoms with Gasteiger partial charge in [-0.25, -0.2) is 0 Å². The maximum Gasteiger partial charge on any atom is 0.406 e. The first-order valence-corrected chi connectivity index (χ1v) is 11.1. The Morgan fingerprint density at radius 2 is 1.87 bits per heavy atom. The number of nitrogens with zero attached hydrogens (tertiary/aromatic N) is 4. The maximum atomic E-state index is 12.8. The molecule has 0 spiro atoms. The van der Waals surface area contributed by atoms with Gasteiger partial charge in [-0.15, -0.1) is 10.2 Å². The fraction of sp³-hybridized carbons (Fsp3) is 0.524. The molecule has 9 heteroatoms. The topological polar surface area (TPSA) is 43.2 Å². The molecule has 0 N–H and O–H groups in total. The number of alkyl halides is 3. The molecule has 2 aliphatic rings. The first-order chi connectivity index (χ1) is 14.4. The summed E-state index contributed by atoms with van der Waals surface area (Å²) in [5, 5.41) is 11.6. The van der Waals surface area contributed by atoms with Crippen LogP contribution < -0.4 is 4.74 Å². The van der Waals surface area contributed by atoms with Gasteiger partial charge < -0.3 is 9.30 Å². The molecule has 0 bridgehead atoms. The van der Waals surface area contributed by atoms with Crippen molar-refractivity contribution in [2.75, 3.05) is 13.1 Å². The predicted molar refractivity (Wildman–Crippen MR) is 109 cm³/mol. The highest BCUT2D eigenvalue weighted by Gasteiger charge is 2.29. The first-order valence-electron chi connectivity index (χ1n) is 10.3. The summed E-state index contributed by atoms with van der Waals surface area (Å²) in [6, 6.07) is 7.01. The van der Waals surface area contributed by atoms with Gasteiger partial charge in [0.05, 0.1) is 12.1 Å². The number of halogens is 3. The molecule has 2 fully saturated rings. The summed E-state index contributed by atoms with van der Waals surface area (Å²) >= 11 is 1.73. The van der Waals surface area contributed by atoms with Crippen LogP contribution in [0.1, 0.15) is 41.6 Å². The number of fused-ring (bicyclic) bond motifs is 1. The van der Waals surface area contributed by atoms with E-state index < -0.39 is 12.7 Å². The minimum atomic E-state index is -4.25. The van der Waals surface area contributed by atoms with Crippen molar-refractivity contribution in [2.45, 2.75) is 57.0 Å². The lowest BCUT2D eigenvalue weighted by atomic mass is 10.1. The fourth-order valence-corrected chi connectivity index (χ4v) is 5.07. The molecule has 1 aliphatic carbocycles. The molecule has 5 rings (SSSR count). The van der Waals surface area contributed by atoms with Gasteiger partial charge in [-0.1, -0.05) is 17.4 Å². The number of aromatic nitrogens is 3. The van der Waals surface area contributed by atoms with Crippen molar-refractivity contribution in [3.63, 3.8) is 0 Å². The Morgan fingerprint density at radius 3 is 2.60 bits per heavy atom. The van der Waals surface area contributed by atoms with E-state index in [4.69, 9.17) is 4.74 Å². The lowest BCUT2D eigenvalue weighted by molar-refractivity contribution is -0.139. The molecule has 0 unspecified atom stereocenters. The molecule has 1 saturated carbocycles. The number of hydrogen-bond acceptors (Lipinski definition) is 5. The van der Waals surface area contributed by atoms with E-state index in [1.807, 2.05) is 6.07 Å². The standard InChI is InChI=1S/C21H23F3N4OS/c22-21(23,24)13-28-11-8-16-17(28)2-1-3-18(16)29-15-6-9-27(10-7-15)12-19-25-26-20(30-19)14-4-5-14/h1-3,8,11,14-15H,4-7,9-10,12-13H2. The molecule has 0 amide bonds. The summed E-state index contributed by atoms with van der Waals surface area (Å²) in [6.07, 6.45) is 1.54. The van der Waals surface area contributed by atoms with Crippen LogP contribution in [0, 0.1) is 0 Å². The Bertz CT molecular complexity index is 1020. The molecule has 1 saturated heterocycles. The van der Waals surface area contributed by atoms with E-state index >= 15 is 0 Å². The van der Waals surface area contributed by atoms with Crippen molar-refractivity contribution in [2.24, 2.45) is 0 Å². The van der Waals surface area contributed by atoms with Gasteiger partial charge in [-0.05, 0) is 43.9 Å². The highest BCUT2D eigenvalue weighted by atomic mass is 32.1. The minimum Gasteiger partial charge on any atom is -0.490 e. The van der Waals surface area contributed by atoms with Crippen molar-refractivity contribution < 1.29 is 17.9 Å². The average Bonchev–Trinajstić information content (AvgIpc) is 3.33. The van der Waals surface area contributed by atoms with Crippen LogP contribution in [0.15, 0.2) is 30.5 Å². The highest BCUT2D eigenvalue weighted by molar-refractivity contribution is 7.11. The predicted octanol–water partition coefficient (Wildman–Crippen LogP) is 4.98. The molecule has 5 nitrogen and oxygen atoms in total. The Balaban J connectivity index is 1.19. The molecular weight excluding hydrogens is 413 g/mol. The van der Waals surface area contributed by atoms with Gasteiger partial charge in [0.1, 0.15) is 28.4 Å². The van der Waals surface area contributed by atoms with Gasteiger partial charge in [0.15, 0.2) is 0 Å². The van der Waals surface area contributed by atoms with E-state index in [2.05, 4.69) is 15.1 Å². The Hall–Kier alpha value is -2.13. The second-order valence-electron chi connectivity index (χ2n) is 8.15. The zero-order chi connectivity index (χ0) is 20.7. The van der Waals surface area contributed by atoms with Crippen LogP contribution in [0.4, 0.5) is 13.2 Å². The van der Waals surface area contributed by atoms with Crippen LogP contribution in [0.5, 0.6) is 5.75 Å². The van der Waals surface area contributed by atoms with Crippen molar-refractivity contribution in [3.8, 4) is 5.75 Å². The molecule has 1 aromatic carbocycles. The maximum absolute atomic E-state index is 12.8. The number of hydrogen-bond donors (Lipinski definition) is 0. The number of rotatable bonds is 6. The van der Waals surface area contributed by atoms with Crippen LogP contribution in [0.2, 0.25) is 0 Å². The van der Waals surface area contributed by atoms with Gasteiger partial charge in [-0.2, -0.15) is 13.2 Å². The Labute approximate surface area is 176 Å². The van der Waals surface area contributed by atoms with Gasteiger partial charge in [0, 0.05) is 30.6 Å². The SMILES string of the molecule is FC(F)(F)Cn1ccc2c(OC3CCN(Cc4nnc(C5CC5)s4)CC3)cccc21. The van der Waals surface area contributed by atoms with Crippen molar-refractivity contribution in [1.29, 1.82) is 0 Å². The quantitative estimate of drug-likeness (QED) is 0.547. The highest BCUT2D eigenvalue weighted by Crippen LogP contribution is 2.41. The van der Waals surface area contributed by atoms with E-state index in [-0.39, 0.29) is 6.10 Å². The molecule has 2 aromatic heterocycles. The summed E-state index contributed by atoms with van der Waals surface area (Å²) in [5.41, 5.74) is 0.546. The molecule has 160 valence electrons. The fourth-order valence-electron chi connectivity index (χ4n) is 4.01. The largest absolute Gasteiger partial charge is 0.490 e. The van der Waals surface area contributed by atoms with Gasteiger partial charge in [0.2, 0.25) is 0 Å². The third kappa shape index (κ3) is 4.46. The normalized spacial score (nSPS) is 18.9. The Kier molecular flexibility index (Phi) is 5.18. The van der Waals surface area contributed by atoms with Gasteiger partial charge in [0.25, 0.3) is 0 Å². The number of piperidine rings is 1. The number of likely N-dealkylation sites (tertiary alicyclic amines) is 1. The molecule has 0 atom stereocenters. The molecule has 3 aromatic rings. The van der Waals surface area contributed by atoms with Crippen molar-refractivity contribution in [1.82, 2.24) is 19.7 Å². The monoisotopic (exact) mass is 436 g/mol. The summed E-state index contributed by atoms with van der Waals surface area (Å²) in [5.74, 6) is 1.30. The van der Waals surface area contributed by atoms with Crippen LogP contribution in [-0.2, 0) is 13.1 Å². The van der Waals surface area contributed by atoms with E-state index in [9.17, 15) is 13.2 Å². The summed E-state index contributed by atoms with van der Waals surface area (Å²) in [7, 11) is 0. The second-order valence-corrected chi connectivity index (χ2v) is 9.24. The summed E-state index contributed by atoms with van der Waals surface area (Å²) in [6.45, 7) is 1.65. The van der Waals surface area contributed by atoms with E-state index in [1.165, 1.54) is 28.6 Å². The summed E-state index contributed by atoms with van der Waals surface area (Å²) in [4.78, 5) is 2.37. The third-order valence-electron chi connectivity index (χ3n) is 5.72. The minimum absolute atomic E-state index is 0.0641. The molecule has 30 heavy (non-hydrogen) atoms. The van der Waals surface area contributed by atoms with Crippen molar-refractivity contribution in [3.05, 3.63) is 40.5 Å². The summed E-state index contributed by atoms with van der Waals surface area (Å²) < 4.78 is 45.8. The molecule has 1 aliphatic heterocycles. The molecule has 0 radical (unpaired) electrons. The van der Waals surface area contributed by atoms with E-state index in [0.29, 0.717) is 17.2 Å². The third-order valence-corrected chi connectivity index (χ3v) is 6.79. The lowest BCUT2D eigenvalue weighted by Gasteiger charge is -2.31. The zero-order valence-corrected chi connectivity index (χ0v) is 17.3. The molecular formula is C21H23F3N4OS. The van der Waals surface area contributed by atoms with Crippen LogP contribution >= 0.6 is 11.3 Å². The van der Waals surface area contributed by atoms with Crippen molar-refractivity contribution >= 4 is 22.2 Å². The van der Waals surface area contributed by atoms with Gasteiger partial charge >= 0.3 is 6.18 Å². The Morgan fingerprint density at radius 1 is 1.07 bits per heavy atom. The molecule has 3 heterocycles. The average molecular weight is 437 g/mol.